The van der Waals surface area contributed by atoms with Gasteiger partial charge >= 0.3 is 0 Å². The Morgan fingerprint density at radius 3 is 3.00 bits per heavy atom. The lowest BCUT2D eigenvalue weighted by Gasteiger charge is -1.89. The fourth-order valence-electron chi connectivity index (χ4n) is 0.481. The van der Waals surface area contributed by atoms with Crippen molar-refractivity contribution in [2.75, 3.05) is 7.05 Å². The van der Waals surface area contributed by atoms with Gasteiger partial charge in [-0.3, -0.25) is 4.79 Å². The van der Waals surface area contributed by atoms with Crippen molar-refractivity contribution in [2.24, 2.45) is 0 Å². The van der Waals surface area contributed by atoms with Gasteiger partial charge < -0.3 is 5.32 Å². The summed E-state index contributed by atoms with van der Waals surface area (Å²) < 4.78 is 0.885. The molecule has 0 aromatic carbocycles. The number of rotatable bonds is 1. The van der Waals surface area contributed by atoms with Crippen LogP contribution in [-0.2, 0) is 0 Å². The van der Waals surface area contributed by atoms with Crippen molar-refractivity contribution >= 4 is 39.8 Å². The predicted molar refractivity (Wildman–Crippen MR) is 48.2 cm³/mol. The zero-order valence-corrected chi connectivity index (χ0v) is 8.19. The molecule has 5 heteroatoms. The molecular formula is C5H5IN2OS. The molecule has 3 nitrogen and oxygen atoms in total. The van der Waals surface area contributed by atoms with E-state index in [1.54, 1.807) is 13.2 Å². The SMILES string of the molecule is CNC(=O)c1cnc(I)s1. The third-order valence-electron chi connectivity index (χ3n) is 0.928. The Hall–Kier alpha value is -0.170. The Kier molecular flexibility index (Phi) is 2.61. The highest BCUT2D eigenvalue weighted by Gasteiger charge is 2.05. The van der Waals surface area contributed by atoms with Crippen LogP contribution in [0.2, 0.25) is 0 Å². The number of amides is 1. The number of carbonyl (C=O) groups excluding carboxylic acids is 1. The van der Waals surface area contributed by atoms with Gasteiger partial charge in [0.15, 0.2) is 3.01 Å². The molecule has 1 aromatic heterocycles. The van der Waals surface area contributed by atoms with Gasteiger partial charge in [-0.1, -0.05) is 0 Å². The molecule has 1 heterocycles. The van der Waals surface area contributed by atoms with E-state index < -0.39 is 0 Å². The van der Waals surface area contributed by atoms with Crippen molar-refractivity contribution in [2.45, 2.75) is 0 Å². The Balaban J connectivity index is 2.85. The van der Waals surface area contributed by atoms with Crippen molar-refractivity contribution < 1.29 is 4.79 Å². The zero-order chi connectivity index (χ0) is 7.56. The maximum absolute atomic E-state index is 10.9. The average molecular weight is 268 g/mol. The monoisotopic (exact) mass is 268 g/mol. The van der Waals surface area contributed by atoms with Crippen molar-refractivity contribution in [3.8, 4) is 0 Å². The number of aromatic nitrogens is 1. The minimum absolute atomic E-state index is 0.0691. The summed E-state index contributed by atoms with van der Waals surface area (Å²) in [5, 5.41) is 2.52. The molecule has 0 saturated carbocycles. The van der Waals surface area contributed by atoms with E-state index in [4.69, 9.17) is 0 Å². The van der Waals surface area contributed by atoms with Crippen LogP contribution in [0.1, 0.15) is 9.67 Å². The second-order valence-corrected chi connectivity index (χ2v) is 4.34. The molecule has 1 rings (SSSR count). The van der Waals surface area contributed by atoms with Gasteiger partial charge in [0.25, 0.3) is 5.91 Å². The molecule has 0 saturated heterocycles. The summed E-state index contributed by atoms with van der Waals surface area (Å²) in [6.07, 6.45) is 1.57. The number of carbonyl (C=O) groups is 1. The number of hydrogen-bond acceptors (Lipinski definition) is 3. The van der Waals surface area contributed by atoms with Crippen molar-refractivity contribution in [3.63, 3.8) is 0 Å². The number of nitrogens with one attached hydrogen (secondary N) is 1. The smallest absolute Gasteiger partial charge is 0.262 e. The lowest BCUT2D eigenvalue weighted by Crippen LogP contribution is -2.16. The van der Waals surface area contributed by atoms with Gasteiger partial charge in [0.2, 0.25) is 0 Å². The molecule has 0 aliphatic heterocycles. The first-order valence-electron chi connectivity index (χ1n) is 2.57. The minimum atomic E-state index is -0.0691. The van der Waals surface area contributed by atoms with E-state index in [0.29, 0.717) is 4.88 Å². The largest absolute Gasteiger partial charge is 0.354 e. The maximum atomic E-state index is 10.9. The standard InChI is InChI=1S/C5H5IN2OS/c1-7-4(9)3-2-8-5(6)10-3/h2H,1H3,(H,7,9). The fraction of sp³-hybridized carbons (Fsp3) is 0.200. The van der Waals surface area contributed by atoms with Gasteiger partial charge in [-0.2, -0.15) is 0 Å². The first-order chi connectivity index (χ1) is 4.74. The third kappa shape index (κ3) is 1.66. The van der Waals surface area contributed by atoms with Gasteiger partial charge in [0, 0.05) is 7.05 Å². The molecule has 0 spiro atoms. The summed E-state index contributed by atoms with van der Waals surface area (Å²) in [7, 11) is 1.61. The second-order valence-electron chi connectivity index (χ2n) is 1.56. The zero-order valence-electron chi connectivity index (χ0n) is 5.22. The second kappa shape index (κ2) is 3.29. The predicted octanol–water partition coefficient (Wildman–Crippen LogP) is 1.11. The summed E-state index contributed by atoms with van der Waals surface area (Å²) in [6.45, 7) is 0. The lowest BCUT2D eigenvalue weighted by atomic mass is 10.5. The van der Waals surface area contributed by atoms with E-state index >= 15 is 0 Å². The first kappa shape index (κ1) is 7.93. The van der Waals surface area contributed by atoms with E-state index in [1.165, 1.54) is 11.3 Å². The maximum Gasteiger partial charge on any atom is 0.262 e. The Labute approximate surface area is 76.0 Å². The molecule has 1 N–H and O–H groups in total. The molecule has 0 aliphatic carbocycles. The molecule has 0 bridgehead atoms. The summed E-state index contributed by atoms with van der Waals surface area (Å²) >= 11 is 3.46. The molecule has 10 heavy (non-hydrogen) atoms. The van der Waals surface area contributed by atoms with Gasteiger partial charge in [-0.15, -0.1) is 11.3 Å². The van der Waals surface area contributed by atoms with Crippen LogP contribution in [0, 0.1) is 3.01 Å². The van der Waals surface area contributed by atoms with Crippen LogP contribution in [-0.4, -0.2) is 17.9 Å². The fourth-order valence-corrected chi connectivity index (χ4v) is 1.92. The van der Waals surface area contributed by atoms with Crippen LogP contribution in [0.3, 0.4) is 0 Å². The summed E-state index contributed by atoms with van der Waals surface area (Å²) in [5.41, 5.74) is 0. The van der Waals surface area contributed by atoms with Gasteiger partial charge in [0.1, 0.15) is 4.88 Å². The van der Waals surface area contributed by atoms with Crippen LogP contribution >= 0.6 is 33.9 Å². The number of hydrogen-bond donors (Lipinski definition) is 1. The van der Waals surface area contributed by atoms with Crippen molar-refractivity contribution in [3.05, 3.63) is 14.1 Å². The number of thiazole rings is 1. The molecule has 0 radical (unpaired) electrons. The highest BCUT2D eigenvalue weighted by molar-refractivity contribution is 14.1. The van der Waals surface area contributed by atoms with Crippen LogP contribution in [0.15, 0.2) is 6.20 Å². The third-order valence-corrected chi connectivity index (χ3v) is 2.65. The quantitative estimate of drug-likeness (QED) is 0.775. The van der Waals surface area contributed by atoms with E-state index in [9.17, 15) is 4.79 Å². The number of nitrogens with zero attached hydrogens (tertiary/aromatic N) is 1. The first-order valence-corrected chi connectivity index (χ1v) is 4.47. The topological polar surface area (TPSA) is 42.0 Å². The molecule has 1 amide bonds. The molecule has 54 valence electrons. The average Bonchev–Trinajstić information content (AvgIpc) is 2.34. The van der Waals surface area contributed by atoms with Crippen LogP contribution in [0.4, 0.5) is 0 Å². The van der Waals surface area contributed by atoms with Crippen molar-refractivity contribution in [1.82, 2.24) is 10.3 Å². The van der Waals surface area contributed by atoms with E-state index in [0.717, 1.165) is 3.01 Å². The van der Waals surface area contributed by atoms with Gasteiger partial charge in [-0.05, 0) is 22.6 Å². The van der Waals surface area contributed by atoms with Gasteiger partial charge in [0.05, 0.1) is 6.20 Å². The van der Waals surface area contributed by atoms with Crippen LogP contribution in [0.25, 0.3) is 0 Å². The molecule has 1 aromatic rings. The van der Waals surface area contributed by atoms with E-state index in [-0.39, 0.29) is 5.91 Å². The number of halogens is 1. The lowest BCUT2D eigenvalue weighted by molar-refractivity contribution is 0.0967. The van der Waals surface area contributed by atoms with Gasteiger partial charge in [-0.25, -0.2) is 4.98 Å². The summed E-state index contributed by atoms with van der Waals surface area (Å²) in [6, 6.07) is 0. The summed E-state index contributed by atoms with van der Waals surface area (Å²) in [4.78, 5) is 15.5. The molecule has 0 aliphatic rings. The normalized spacial score (nSPS) is 9.40. The highest BCUT2D eigenvalue weighted by Crippen LogP contribution is 2.13. The Bertz CT molecular complexity index is 248. The molecule has 0 fully saturated rings. The highest BCUT2D eigenvalue weighted by atomic mass is 127. The van der Waals surface area contributed by atoms with Crippen LogP contribution < -0.4 is 5.32 Å². The Morgan fingerprint density at radius 2 is 2.60 bits per heavy atom. The molecule has 0 atom stereocenters. The van der Waals surface area contributed by atoms with E-state index in [2.05, 4.69) is 32.9 Å². The molecule has 0 unspecified atom stereocenters. The minimum Gasteiger partial charge on any atom is -0.354 e. The van der Waals surface area contributed by atoms with Crippen LogP contribution in [0.5, 0.6) is 0 Å². The Morgan fingerprint density at radius 1 is 1.90 bits per heavy atom. The van der Waals surface area contributed by atoms with E-state index in [1.807, 2.05) is 0 Å². The molecular weight excluding hydrogens is 263 g/mol. The summed E-state index contributed by atoms with van der Waals surface area (Å²) in [5.74, 6) is -0.0691. The van der Waals surface area contributed by atoms with Crippen molar-refractivity contribution in [1.29, 1.82) is 0 Å².